The predicted molar refractivity (Wildman–Crippen MR) is 77.8 cm³/mol. The van der Waals surface area contributed by atoms with Gasteiger partial charge < -0.3 is 14.6 Å². The summed E-state index contributed by atoms with van der Waals surface area (Å²) in [6.45, 7) is 10.4. The van der Waals surface area contributed by atoms with Gasteiger partial charge >= 0.3 is 7.12 Å². The average molecular weight is 275 g/mol. The summed E-state index contributed by atoms with van der Waals surface area (Å²) in [4.78, 5) is 8.59. The molecule has 0 spiro atoms. The van der Waals surface area contributed by atoms with Crippen molar-refractivity contribution in [3.05, 3.63) is 18.2 Å². The molecule has 2 saturated heterocycles. The van der Waals surface area contributed by atoms with E-state index in [9.17, 15) is 0 Å². The smallest absolute Gasteiger partial charge is 0.399 e. The zero-order valence-corrected chi connectivity index (χ0v) is 12.6. The lowest BCUT2D eigenvalue weighted by Gasteiger charge is -2.32. The number of hydrogen-bond acceptors (Lipinski definition) is 5. The van der Waals surface area contributed by atoms with Crippen LogP contribution in [0.15, 0.2) is 12.5 Å². The topological polar surface area (TPSA) is 56.3 Å². The highest BCUT2D eigenvalue weighted by Gasteiger charge is 2.52. The molecule has 3 heterocycles. The fourth-order valence-electron chi connectivity index (χ4n) is 2.47. The Morgan fingerprint density at radius 3 is 2.45 bits per heavy atom. The van der Waals surface area contributed by atoms with Crippen molar-refractivity contribution < 1.29 is 9.31 Å². The van der Waals surface area contributed by atoms with Gasteiger partial charge in [-0.2, -0.15) is 0 Å². The van der Waals surface area contributed by atoms with Crippen LogP contribution in [0.4, 0.5) is 0 Å². The maximum atomic E-state index is 6.11. The fourth-order valence-corrected chi connectivity index (χ4v) is 2.47. The minimum Gasteiger partial charge on any atom is -0.399 e. The third-order valence-corrected chi connectivity index (χ3v) is 4.68. The second kappa shape index (κ2) is 4.79. The summed E-state index contributed by atoms with van der Waals surface area (Å²) in [7, 11) is -0.371. The van der Waals surface area contributed by atoms with Crippen molar-refractivity contribution in [1.82, 2.24) is 15.3 Å². The Morgan fingerprint density at radius 2 is 1.90 bits per heavy atom. The fraction of sp³-hybridized carbons (Fsp3) is 0.714. The molecule has 20 heavy (non-hydrogen) atoms. The van der Waals surface area contributed by atoms with E-state index in [1.54, 1.807) is 6.33 Å². The van der Waals surface area contributed by atoms with Crippen molar-refractivity contribution in [2.24, 2.45) is 5.92 Å². The molecule has 3 rings (SSSR count). The van der Waals surface area contributed by atoms with E-state index in [1.807, 2.05) is 6.20 Å². The van der Waals surface area contributed by atoms with Crippen LogP contribution in [0.25, 0.3) is 0 Å². The zero-order chi connectivity index (χ0) is 14.4. The van der Waals surface area contributed by atoms with Crippen molar-refractivity contribution in [1.29, 1.82) is 0 Å². The predicted octanol–water partition coefficient (Wildman–Crippen LogP) is 0.538. The molecule has 0 unspecified atom stereocenters. The van der Waals surface area contributed by atoms with E-state index >= 15 is 0 Å². The lowest BCUT2D eigenvalue weighted by molar-refractivity contribution is 0.00578. The molecule has 2 aliphatic rings. The number of hydrogen-bond donors (Lipinski definition) is 1. The van der Waals surface area contributed by atoms with Gasteiger partial charge in [0.05, 0.1) is 11.2 Å². The Bertz CT molecular complexity index is 487. The maximum absolute atomic E-state index is 6.11. The Labute approximate surface area is 120 Å². The Kier molecular flexibility index (Phi) is 3.35. The first-order chi connectivity index (χ1) is 9.39. The van der Waals surface area contributed by atoms with Crippen LogP contribution in [-0.2, 0) is 15.7 Å². The quantitative estimate of drug-likeness (QED) is 0.816. The second-order valence-electron chi connectivity index (χ2n) is 6.74. The maximum Gasteiger partial charge on any atom is 0.498 e. The van der Waals surface area contributed by atoms with Crippen LogP contribution in [0.2, 0.25) is 0 Å². The molecule has 1 N–H and O–H groups in total. The standard InChI is InChI=1S/C14H22BN3O2/c1-13(2)14(3,4)20-15(19-13)11-8-17-9-18-12(11)5-10-6-16-7-10/h8-10,16H,5-7H2,1-4H3. The Hall–Kier alpha value is -0.975. The highest BCUT2D eigenvalue weighted by Crippen LogP contribution is 2.36. The molecule has 5 nitrogen and oxygen atoms in total. The van der Waals surface area contributed by atoms with Crippen molar-refractivity contribution in [2.45, 2.75) is 45.3 Å². The van der Waals surface area contributed by atoms with Gasteiger partial charge in [0.15, 0.2) is 0 Å². The van der Waals surface area contributed by atoms with Gasteiger partial charge in [0.2, 0.25) is 0 Å². The monoisotopic (exact) mass is 275 g/mol. The summed E-state index contributed by atoms with van der Waals surface area (Å²) < 4.78 is 12.2. The van der Waals surface area contributed by atoms with E-state index in [2.05, 4.69) is 43.0 Å². The van der Waals surface area contributed by atoms with Gasteiger partial charge in [-0.15, -0.1) is 0 Å². The summed E-state index contributed by atoms with van der Waals surface area (Å²) in [5.74, 6) is 0.658. The highest BCUT2D eigenvalue weighted by atomic mass is 16.7. The second-order valence-corrected chi connectivity index (χ2v) is 6.74. The molecule has 2 fully saturated rings. The van der Waals surface area contributed by atoms with Gasteiger partial charge in [-0.1, -0.05) is 0 Å². The van der Waals surface area contributed by atoms with E-state index in [-0.39, 0.29) is 18.3 Å². The van der Waals surface area contributed by atoms with Crippen LogP contribution in [0.1, 0.15) is 33.4 Å². The Balaban J connectivity index is 1.84. The minimum atomic E-state index is -0.371. The first-order valence-corrected chi connectivity index (χ1v) is 7.24. The van der Waals surface area contributed by atoms with Gasteiger partial charge in [-0.3, -0.25) is 0 Å². The van der Waals surface area contributed by atoms with Crippen molar-refractivity contribution in [2.75, 3.05) is 13.1 Å². The third-order valence-electron chi connectivity index (χ3n) is 4.68. The van der Waals surface area contributed by atoms with E-state index in [0.717, 1.165) is 30.7 Å². The van der Waals surface area contributed by atoms with Crippen LogP contribution in [0.3, 0.4) is 0 Å². The molecule has 108 valence electrons. The molecule has 0 bridgehead atoms. The largest absolute Gasteiger partial charge is 0.498 e. The Morgan fingerprint density at radius 1 is 1.25 bits per heavy atom. The van der Waals surface area contributed by atoms with E-state index in [1.165, 1.54) is 0 Å². The first-order valence-electron chi connectivity index (χ1n) is 7.24. The van der Waals surface area contributed by atoms with Gasteiger partial charge in [-0.25, -0.2) is 9.97 Å². The molecule has 0 radical (unpaired) electrons. The number of nitrogens with zero attached hydrogens (tertiary/aromatic N) is 2. The van der Waals surface area contributed by atoms with Gasteiger partial charge in [0, 0.05) is 17.4 Å². The summed E-state index contributed by atoms with van der Waals surface area (Å²) in [6, 6.07) is 0. The summed E-state index contributed by atoms with van der Waals surface area (Å²) in [5.41, 5.74) is 1.36. The third kappa shape index (κ3) is 2.36. The van der Waals surface area contributed by atoms with Gasteiger partial charge in [0.1, 0.15) is 6.33 Å². The van der Waals surface area contributed by atoms with Crippen molar-refractivity contribution in [3.8, 4) is 0 Å². The van der Waals surface area contributed by atoms with Gasteiger partial charge in [0.25, 0.3) is 0 Å². The summed E-state index contributed by atoms with van der Waals surface area (Å²) in [6.07, 6.45) is 4.39. The van der Waals surface area contributed by atoms with Crippen LogP contribution < -0.4 is 10.8 Å². The molecular formula is C14H22BN3O2. The average Bonchev–Trinajstić information content (AvgIpc) is 2.54. The van der Waals surface area contributed by atoms with E-state index in [4.69, 9.17) is 9.31 Å². The molecule has 0 aromatic carbocycles. The molecule has 0 saturated carbocycles. The zero-order valence-electron chi connectivity index (χ0n) is 12.6. The lowest BCUT2D eigenvalue weighted by atomic mass is 9.77. The lowest BCUT2D eigenvalue weighted by Crippen LogP contribution is -2.45. The van der Waals surface area contributed by atoms with Crippen molar-refractivity contribution in [3.63, 3.8) is 0 Å². The molecule has 0 atom stereocenters. The molecule has 0 amide bonds. The van der Waals surface area contributed by atoms with Crippen molar-refractivity contribution >= 4 is 12.6 Å². The number of aromatic nitrogens is 2. The molecule has 0 aliphatic carbocycles. The summed E-state index contributed by atoms with van der Waals surface area (Å²) >= 11 is 0. The van der Waals surface area contributed by atoms with E-state index in [0.29, 0.717) is 5.92 Å². The SMILES string of the molecule is CC1(C)OB(c2cncnc2CC2CNC2)OC1(C)C. The van der Waals surface area contributed by atoms with Crippen LogP contribution in [-0.4, -0.2) is 41.4 Å². The highest BCUT2D eigenvalue weighted by molar-refractivity contribution is 6.62. The number of nitrogens with one attached hydrogen (secondary N) is 1. The van der Waals surface area contributed by atoms with Gasteiger partial charge in [-0.05, 0) is 53.1 Å². The molecule has 6 heteroatoms. The molecular weight excluding hydrogens is 253 g/mol. The molecule has 2 aliphatic heterocycles. The molecule has 1 aromatic rings. The minimum absolute atomic E-state index is 0.331. The normalized spacial score (nSPS) is 24.7. The van der Waals surface area contributed by atoms with Crippen LogP contribution in [0.5, 0.6) is 0 Å². The first kappa shape index (κ1) is 14.0. The summed E-state index contributed by atoms with van der Waals surface area (Å²) in [5, 5.41) is 3.29. The van der Waals surface area contributed by atoms with Crippen LogP contribution in [0, 0.1) is 5.92 Å². The van der Waals surface area contributed by atoms with Crippen LogP contribution >= 0.6 is 0 Å². The molecule has 1 aromatic heterocycles. The number of rotatable bonds is 3. The van der Waals surface area contributed by atoms with E-state index < -0.39 is 0 Å².